The molecule has 0 saturated heterocycles. The summed E-state index contributed by atoms with van der Waals surface area (Å²) in [6.07, 6.45) is 1.84. The van der Waals surface area contributed by atoms with E-state index < -0.39 is 5.54 Å². The number of methoxy groups -OCH3 is 1. The summed E-state index contributed by atoms with van der Waals surface area (Å²) in [6.45, 7) is 0.787. The molecule has 3 nitrogen and oxygen atoms in total. The van der Waals surface area contributed by atoms with Crippen LogP contribution in [0.1, 0.15) is 18.4 Å². The van der Waals surface area contributed by atoms with Crippen molar-refractivity contribution in [3.05, 3.63) is 35.9 Å². The first-order valence-electron chi connectivity index (χ1n) is 6.25. The fourth-order valence-electron chi connectivity index (χ4n) is 1.75. The standard InChI is InChI=1S/C14H23NO2S/c1-17-9-5-10-18-11-8-14(15,12-16)13-6-3-2-4-7-13/h2-4,6-7,16H,5,8-12,15H2,1H3. The van der Waals surface area contributed by atoms with Crippen LogP contribution in [0.5, 0.6) is 0 Å². The normalized spacial score (nSPS) is 14.4. The van der Waals surface area contributed by atoms with Crippen LogP contribution in [0.3, 0.4) is 0 Å². The lowest BCUT2D eigenvalue weighted by Gasteiger charge is -2.27. The summed E-state index contributed by atoms with van der Waals surface area (Å²) in [4.78, 5) is 0. The minimum atomic E-state index is -0.616. The molecule has 1 aromatic carbocycles. The summed E-state index contributed by atoms with van der Waals surface area (Å²) >= 11 is 1.86. The number of aliphatic hydroxyl groups excluding tert-OH is 1. The molecule has 18 heavy (non-hydrogen) atoms. The zero-order valence-electron chi connectivity index (χ0n) is 11.0. The SMILES string of the molecule is COCCCSCCC(N)(CO)c1ccccc1. The van der Waals surface area contributed by atoms with Crippen molar-refractivity contribution in [3.8, 4) is 0 Å². The zero-order chi connectivity index (χ0) is 13.3. The van der Waals surface area contributed by atoms with Crippen LogP contribution in [0, 0.1) is 0 Å². The molecule has 0 bridgehead atoms. The van der Waals surface area contributed by atoms with Gasteiger partial charge in [0.15, 0.2) is 0 Å². The Morgan fingerprint density at radius 1 is 1.28 bits per heavy atom. The van der Waals surface area contributed by atoms with Crippen molar-refractivity contribution < 1.29 is 9.84 Å². The number of ether oxygens (including phenoxy) is 1. The predicted octanol–water partition coefficient (Wildman–Crippen LogP) is 1.99. The third-order valence-electron chi connectivity index (χ3n) is 2.96. The molecule has 0 aliphatic carbocycles. The minimum Gasteiger partial charge on any atom is -0.394 e. The van der Waals surface area contributed by atoms with Crippen LogP contribution in [0.4, 0.5) is 0 Å². The molecule has 0 aromatic heterocycles. The molecule has 0 amide bonds. The number of hydrogen-bond donors (Lipinski definition) is 2. The van der Waals surface area contributed by atoms with Gasteiger partial charge in [0.2, 0.25) is 0 Å². The van der Waals surface area contributed by atoms with Crippen molar-refractivity contribution in [3.63, 3.8) is 0 Å². The lowest BCUT2D eigenvalue weighted by molar-refractivity contribution is 0.193. The Balaban J connectivity index is 2.37. The first-order chi connectivity index (χ1) is 8.73. The number of hydrogen-bond acceptors (Lipinski definition) is 4. The molecule has 102 valence electrons. The highest BCUT2D eigenvalue weighted by Crippen LogP contribution is 2.23. The molecular formula is C14H23NO2S. The fraction of sp³-hybridized carbons (Fsp3) is 0.571. The van der Waals surface area contributed by atoms with Gasteiger partial charge in [0.1, 0.15) is 0 Å². The van der Waals surface area contributed by atoms with Gasteiger partial charge < -0.3 is 15.6 Å². The summed E-state index contributed by atoms with van der Waals surface area (Å²) < 4.78 is 5.00. The second-order valence-electron chi connectivity index (χ2n) is 4.39. The van der Waals surface area contributed by atoms with E-state index in [9.17, 15) is 5.11 Å². The summed E-state index contributed by atoms with van der Waals surface area (Å²) in [5.41, 5.74) is 6.66. The molecule has 0 heterocycles. The summed E-state index contributed by atoms with van der Waals surface area (Å²) in [5, 5.41) is 9.53. The van der Waals surface area contributed by atoms with Crippen molar-refractivity contribution >= 4 is 11.8 Å². The number of nitrogens with two attached hydrogens (primary N) is 1. The smallest absolute Gasteiger partial charge is 0.0653 e. The summed E-state index contributed by atoms with van der Waals surface area (Å²) in [5.74, 6) is 2.03. The van der Waals surface area contributed by atoms with Crippen LogP contribution in [0.15, 0.2) is 30.3 Å². The van der Waals surface area contributed by atoms with Crippen molar-refractivity contribution in [2.75, 3.05) is 31.8 Å². The van der Waals surface area contributed by atoms with Gasteiger partial charge in [-0.15, -0.1) is 0 Å². The van der Waals surface area contributed by atoms with Crippen LogP contribution in [0.2, 0.25) is 0 Å². The molecular weight excluding hydrogens is 246 g/mol. The van der Waals surface area contributed by atoms with E-state index in [-0.39, 0.29) is 6.61 Å². The Bertz CT molecular complexity index is 321. The van der Waals surface area contributed by atoms with Crippen molar-refractivity contribution in [1.29, 1.82) is 0 Å². The van der Waals surface area contributed by atoms with Gasteiger partial charge in [0.25, 0.3) is 0 Å². The average molecular weight is 269 g/mol. The number of rotatable bonds is 9. The molecule has 1 unspecified atom stereocenters. The van der Waals surface area contributed by atoms with Crippen LogP contribution < -0.4 is 5.73 Å². The van der Waals surface area contributed by atoms with Crippen LogP contribution in [-0.2, 0) is 10.3 Å². The third-order valence-corrected chi connectivity index (χ3v) is 4.03. The van der Waals surface area contributed by atoms with E-state index in [1.165, 1.54) is 0 Å². The second kappa shape index (κ2) is 8.53. The molecule has 0 aliphatic heterocycles. The molecule has 1 rings (SSSR count). The van der Waals surface area contributed by atoms with E-state index in [0.717, 1.165) is 36.5 Å². The van der Waals surface area contributed by atoms with E-state index in [4.69, 9.17) is 10.5 Å². The largest absolute Gasteiger partial charge is 0.394 e. The van der Waals surface area contributed by atoms with E-state index in [2.05, 4.69) is 0 Å². The molecule has 0 fully saturated rings. The number of benzene rings is 1. The molecule has 1 atom stereocenters. The molecule has 3 N–H and O–H groups in total. The van der Waals surface area contributed by atoms with Crippen LogP contribution in [-0.4, -0.2) is 36.9 Å². The van der Waals surface area contributed by atoms with Gasteiger partial charge in [0.05, 0.1) is 12.1 Å². The highest BCUT2D eigenvalue weighted by atomic mass is 32.2. The maximum Gasteiger partial charge on any atom is 0.0653 e. The van der Waals surface area contributed by atoms with Gasteiger partial charge in [-0.1, -0.05) is 30.3 Å². The number of aliphatic hydroxyl groups is 1. The topological polar surface area (TPSA) is 55.5 Å². The highest BCUT2D eigenvalue weighted by Gasteiger charge is 2.25. The average Bonchev–Trinajstić information content (AvgIpc) is 2.43. The zero-order valence-corrected chi connectivity index (χ0v) is 11.8. The van der Waals surface area contributed by atoms with Crippen LogP contribution in [0.25, 0.3) is 0 Å². The van der Waals surface area contributed by atoms with Gasteiger partial charge in [-0.3, -0.25) is 0 Å². The second-order valence-corrected chi connectivity index (χ2v) is 5.61. The van der Waals surface area contributed by atoms with Gasteiger partial charge >= 0.3 is 0 Å². The lowest BCUT2D eigenvalue weighted by Crippen LogP contribution is -2.41. The fourth-order valence-corrected chi connectivity index (χ4v) is 2.78. The third kappa shape index (κ3) is 4.98. The van der Waals surface area contributed by atoms with Crippen molar-refractivity contribution in [2.24, 2.45) is 5.73 Å². The van der Waals surface area contributed by atoms with Gasteiger partial charge in [0, 0.05) is 13.7 Å². The molecule has 0 saturated carbocycles. The van der Waals surface area contributed by atoms with E-state index in [1.807, 2.05) is 42.1 Å². The summed E-state index contributed by atoms with van der Waals surface area (Å²) in [6, 6.07) is 9.83. The molecule has 0 aliphatic rings. The molecule has 4 heteroatoms. The van der Waals surface area contributed by atoms with Crippen molar-refractivity contribution in [1.82, 2.24) is 0 Å². The van der Waals surface area contributed by atoms with Crippen LogP contribution >= 0.6 is 11.8 Å². The lowest BCUT2D eigenvalue weighted by atomic mass is 9.89. The quantitative estimate of drug-likeness (QED) is 0.673. The van der Waals surface area contributed by atoms with E-state index in [1.54, 1.807) is 7.11 Å². The Morgan fingerprint density at radius 3 is 2.61 bits per heavy atom. The van der Waals surface area contributed by atoms with Gasteiger partial charge in [-0.05, 0) is 29.9 Å². The minimum absolute atomic E-state index is 0.0182. The Hall–Kier alpha value is -0.550. The van der Waals surface area contributed by atoms with Gasteiger partial charge in [-0.25, -0.2) is 0 Å². The molecule has 0 spiro atoms. The Labute approximate surface area is 114 Å². The molecule has 1 aromatic rings. The van der Waals surface area contributed by atoms with E-state index in [0.29, 0.717) is 0 Å². The van der Waals surface area contributed by atoms with E-state index >= 15 is 0 Å². The monoisotopic (exact) mass is 269 g/mol. The Morgan fingerprint density at radius 2 is 2.00 bits per heavy atom. The number of thioether (sulfide) groups is 1. The highest BCUT2D eigenvalue weighted by molar-refractivity contribution is 7.99. The van der Waals surface area contributed by atoms with Crippen molar-refractivity contribution in [2.45, 2.75) is 18.4 Å². The van der Waals surface area contributed by atoms with Gasteiger partial charge in [-0.2, -0.15) is 11.8 Å². The molecule has 0 radical (unpaired) electrons. The summed E-state index contributed by atoms with van der Waals surface area (Å²) in [7, 11) is 1.72. The predicted molar refractivity (Wildman–Crippen MR) is 77.8 cm³/mol. The maximum atomic E-state index is 9.53. The Kier molecular flexibility index (Phi) is 7.35. The first kappa shape index (κ1) is 15.5. The maximum absolute atomic E-state index is 9.53. The first-order valence-corrected chi connectivity index (χ1v) is 7.40.